The number of aliphatic imine (C=N–C) groups is 1. The Morgan fingerprint density at radius 1 is 0.921 bits per heavy atom. The molecule has 2 aromatic carbocycles. The van der Waals surface area contributed by atoms with E-state index in [9.17, 15) is 9.59 Å². The first-order valence-corrected chi connectivity index (χ1v) is 13.3. The van der Waals surface area contributed by atoms with Gasteiger partial charge in [-0.15, -0.1) is 0 Å². The van der Waals surface area contributed by atoms with Gasteiger partial charge in [-0.3, -0.25) is 0 Å². The number of rotatable bonds is 5. The van der Waals surface area contributed by atoms with Crippen molar-refractivity contribution in [2.75, 3.05) is 13.2 Å². The van der Waals surface area contributed by atoms with Crippen molar-refractivity contribution >= 4 is 28.9 Å². The number of benzene rings is 2. The highest BCUT2D eigenvalue weighted by Crippen LogP contribution is 2.56. The number of carbonyl (C=O) groups is 2. The summed E-state index contributed by atoms with van der Waals surface area (Å²) in [5.74, 6) is -1.22. The van der Waals surface area contributed by atoms with Gasteiger partial charge in [0.1, 0.15) is 16.8 Å². The Morgan fingerprint density at radius 3 is 2.32 bits per heavy atom. The molecule has 1 atom stereocenters. The number of esters is 2. The molecule has 1 aromatic heterocycles. The summed E-state index contributed by atoms with van der Waals surface area (Å²) in [6.45, 7) is 3.72. The largest absolute Gasteiger partial charge is 0.462 e. The molecule has 1 aliphatic heterocycles. The SMILES string of the molecule is CCOC(=O)C1=C(C(=O)OCC)C2(OC1=NC1CCCCC1)c1ccccc1-c1nc3ccccc3nc12. The summed E-state index contributed by atoms with van der Waals surface area (Å²) >= 11 is 0. The minimum Gasteiger partial charge on any atom is -0.462 e. The third-order valence-corrected chi connectivity index (χ3v) is 7.36. The van der Waals surface area contributed by atoms with E-state index in [4.69, 9.17) is 29.2 Å². The molecular weight excluding hydrogens is 482 g/mol. The lowest BCUT2D eigenvalue weighted by atomic mass is 9.85. The molecule has 0 amide bonds. The number of carbonyl (C=O) groups excluding carboxylic acids is 2. The summed E-state index contributed by atoms with van der Waals surface area (Å²) in [5, 5.41) is 0. The second-order valence-corrected chi connectivity index (χ2v) is 9.66. The van der Waals surface area contributed by atoms with Crippen molar-refractivity contribution in [3.05, 3.63) is 70.9 Å². The highest BCUT2D eigenvalue weighted by molar-refractivity contribution is 6.24. The van der Waals surface area contributed by atoms with Crippen LogP contribution in [-0.4, -0.2) is 47.1 Å². The molecular formula is C30H29N3O5. The predicted octanol–water partition coefficient (Wildman–Crippen LogP) is 5.04. The molecule has 8 heteroatoms. The van der Waals surface area contributed by atoms with E-state index in [1.165, 1.54) is 0 Å². The van der Waals surface area contributed by atoms with Crippen molar-refractivity contribution < 1.29 is 23.8 Å². The van der Waals surface area contributed by atoms with E-state index in [0.717, 1.165) is 43.2 Å². The van der Waals surface area contributed by atoms with Crippen molar-refractivity contribution in [1.82, 2.24) is 9.97 Å². The molecule has 8 nitrogen and oxygen atoms in total. The first-order chi connectivity index (χ1) is 18.6. The third-order valence-electron chi connectivity index (χ3n) is 7.36. The zero-order chi connectivity index (χ0) is 26.3. The standard InChI is InChI=1S/C30H29N3O5/c1-3-36-28(34)23-24(29(35)37-4-2)30(38-27(23)31-18-12-6-5-7-13-18)20-15-9-8-14-19(20)25-26(30)33-22-17-11-10-16-21(22)32-25/h8-11,14-18H,3-7,12-13H2,1-2H3. The van der Waals surface area contributed by atoms with Crippen LogP contribution in [0.3, 0.4) is 0 Å². The molecule has 194 valence electrons. The maximum absolute atomic E-state index is 13.8. The predicted molar refractivity (Wildman–Crippen MR) is 141 cm³/mol. The van der Waals surface area contributed by atoms with Gasteiger partial charge in [-0.05, 0) is 38.8 Å². The van der Waals surface area contributed by atoms with Gasteiger partial charge in [0.2, 0.25) is 11.5 Å². The van der Waals surface area contributed by atoms with Crippen LogP contribution in [0, 0.1) is 0 Å². The van der Waals surface area contributed by atoms with Gasteiger partial charge in [0.25, 0.3) is 0 Å². The van der Waals surface area contributed by atoms with E-state index < -0.39 is 17.5 Å². The normalized spacial score (nSPS) is 21.5. The van der Waals surface area contributed by atoms with Crippen LogP contribution in [0.25, 0.3) is 22.3 Å². The number of ether oxygens (including phenoxy) is 3. The zero-order valence-corrected chi connectivity index (χ0v) is 21.5. The zero-order valence-electron chi connectivity index (χ0n) is 21.5. The van der Waals surface area contributed by atoms with Gasteiger partial charge >= 0.3 is 11.9 Å². The molecule has 1 unspecified atom stereocenters. The van der Waals surface area contributed by atoms with Gasteiger partial charge in [0.15, 0.2) is 0 Å². The van der Waals surface area contributed by atoms with Gasteiger partial charge < -0.3 is 14.2 Å². The molecule has 0 radical (unpaired) electrons. The van der Waals surface area contributed by atoms with Gasteiger partial charge in [-0.25, -0.2) is 24.5 Å². The van der Waals surface area contributed by atoms with E-state index in [-0.39, 0.29) is 36.3 Å². The molecule has 3 aliphatic rings. The minimum absolute atomic E-state index is 0.00786. The van der Waals surface area contributed by atoms with Gasteiger partial charge in [-0.1, -0.05) is 55.7 Å². The summed E-state index contributed by atoms with van der Waals surface area (Å²) in [6.07, 6.45) is 5.05. The summed E-state index contributed by atoms with van der Waals surface area (Å²) in [4.78, 5) is 42.1. The van der Waals surface area contributed by atoms with Crippen molar-refractivity contribution in [1.29, 1.82) is 0 Å². The van der Waals surface area contributed by atoms with Crippen LogP contribution >= 0.6 is 0 Å². The highest BCUT2D eigenvalue weighted by Gasteiger charge is 2.61. The average molecular weight is 512 g/mol. The first kappa shape index (κ1) is 24.3. The Bertz CT molecular complexity index is 1500. The van der Waals surface area contributed by atoms with Gasteiger partial charge in [0, 0.05) is 11.1 Å². The maximum atomic E-state index is 13.8. The van der Waals surface area contributed by atoms with Crippen LogP contribution in [0.5, 0.6) is 0 Å². The number of nitrogens with zero attached hydrogens (tertiary/aromatic N) is 3. The van der Waals surface area contributed by atoms with Crippen LogP contribution < -0.4 is 0 Å². The lowest BCUT2D eigenvalue weighted by Crippen LogP contribution is -2.34. The van der Waals surface area contributed by atoms with Crippen LogP contribution in [0.2, 0.25) is 0 Å². The summed E-state index contributed by atoms with van der Waals surface area (Å²) in [6, 6.07) is 15.1. The number of hydrogen-bond acceptors (Lipinski definition) is 8. The molecule has 1 saturated carbocycles. The van der Waals surface area contributed by atoms with Crippen LogP contribution in [0.4, 0.5) is 0 Å². The molecule has 2 heterocycles. The fraction of sp³-hybridized carbons (Fsp3) is 0.367. The number of para-hydroxylation sites is 2. The Balaban J connectivity index is 1.67. The quantitative estimate of drug-likeness (QED) is 0.443. The second kappa shape index (κ2) is 9.67. The van der Waals surface area contributed by atoms with E-state index in [2.05, 4.69) is 0 Å². The number of aromatic nitrogens is 2. The molecule has 6 rings (SSSR count). The van der Waals surface area contributed by atoms with E-state index in [0.29, 0.717) is 22.5 Å². The Labute approximate surface area is 220 Å². The molecule has 38 heavy (non-hydrogen) atoms. The lowest BCUT2D eigenvalue weighted by Gasteiger charge is -2.27. The van der Waals surface area contributed by atoms with Crippen molar-refractivity contribution in [2.24, 2.45) is 4.99 Å². The summed E-state index contributed by atoms with van der Waals surface area (Å²) in [7, 11) is 0. The molecule has 0 bridgehead atoms. The van der Waals surface area contributed by atoms with Crippen molar-refractivity contribution in [3.8, 4) is 11.3 Å². The minimum atomic E-state index is -1.54. The second-order valence-electron chi connectivity index (χ2n) is 9.66. The Morgan fingerprint density at radius 2 is 1.58 bits per heavy atom. The van der Waals surface area contributed by atoms with Crippen molar-refractivity contribution in [2.45, 2.75) is 57.6 Å². The fourth-order valence-corrected chi connectivity index (χ4v) is 5.75. The molecule has 0 N–H and O–H groups in total. The lowest BCUT2D eigenvalue weighted by molar-refractivity contribution is -0.142. The highest BCUT2D eigenvalue weighted by atomic mass is 16.6. The average Bonchev–Trinajstić information content (AvgIpc) is 3.41. The summed E-state index contributed by atoms with van der Waals surface area (Å²) in [5.41, 5.74) is 2.38. The molecule has 2 aliphatic carbocycles. The van der Waals surface area contributed by atoms with E-state index in [1.54, 1.807) is 13.8 Å². The Hall–Kier alpha value is -4.07. The fourth-order valence-electron chi connectivity index (χ4n) is 5.75. The van der Waals surface area contributed by atoms with Crippen LogP contribution in [0.15, 0.2) is 64.7 Å². The molecule has 3 aromatic rings. The smallest absolute Gasteiger partial charge is 0.344 e. The van der Waals surface area contributed by atoms with Gasteiger partial charge in [-0.2, -0.15) is 0 Å². The molecule has 1 spiro atoms. The summed E-state index contributed by atoms with van der Waals surface area (Å²) < 4.78 is 17.7. The monoisotopic (exact) mass is 511 g/mol. The van der Waals surface area contributed by atoms with E-state index in [1.807, 2.05) is 48.5 Å². The van der Waals surface area contributed by atoms with Crippen LogP contribution in [-0.2, 0) is 29.4 Å². The maximum Gasteiger partial charge on any atom is 0.344 e. The van der Waals surface area contributed by atoms with Crippen LogP contribution in [0.1, 0.15) is 57.2 Å². The number of fused-ring (bicyclic) bond motifs is 6. The van der Waals surface area contributed by atoms with E-state index >= 15 is 0 Å². The Kier molecular flexibility index (Phi) is 6.18. The topological polar surface area (TPSA) is 100.0 Å². The molecule has 0 saturated heterocycles. The first-order valence-electron chi connectivity index (χ1n) is 13.3. The van der Waals surface area contributed by atoms with Gasteiger partial charge in [0.05, 0.1) is 36.0 Å². The van der Waals surface area contributed by atoms with Crippen molar-refractivity contribution in [3.63, 3.8) is 0 Å². The molecule has 1 fully saturated rings. The third kappa shape index (κ3) is 3.69. The number of hydrogen-bond donors (Lipinski definition) is 0.